The summed E-state index contributed by atoms with van der Waals surface area (Å²) in [4.78, 5) is 28.6. The van der Waals surface area contributed by atoms with E-state index in [1.54, 1.807) is 17.9 Å². The molecule has 38 heavy (non-hydrogen) atoms. The third kappa shape index (κ3) is 4.01. The number of ether oxygens (including phenoxy) is 1. The minimum Gasteiger partial charge on any atom is -0.495 e. The van der Waals surface area contributed by atoms with E-state index in [0.717, 1.165) is 48.2 Å². The van der Waals surface area contributed by atoms with Crippen molar-refractivity contribution in [1.82, 2.24) is 34.2 Å². The van der Waals surface area contributed by atoms with Crippen LogP contribution in [0.1, 0.15) is 29.4 Å². The fourth-order valence-electron chi connectivity index (χ4n) is 5.20. The van der Waals surface area contributed by atoms with Crippen LogP contribution in [0.5, 0.6) is 5.75 Å². The summed E-state index contributed by atoms with van der Waals surface area (Å²) in [5.74, 6) is 0.626. The van der Waals surface area contributed by atoms with E-state index in [4.69, 9.17) is 15.6 Å². The van der Waals surface area contributed by atoms with Crippen molar-refractivity contribution in [3.63, 3.8) is 0 Å². The average molecular weight is 512 g/mol. The molecule has 11 nitrogen and oxygen atoms in total. The second kappa shape index (κ2) is 9.42. The molecule has 1 aliphatic rings. The fraction of sp³-hybridized carbons (Fsp3) is 0.296. The SMILES string of the molecule is COc1cc(-c2nn(C3CCN(C)CC3)c3ncnc(N)c23)ccc1NC(=O)c1cc2cccnc2n1C. The lowest BCUT2D eigenvalue weighted by atomic mass is 10.1. The van der Waals surface area contributed by atoms with Gasteiger partial charge in [-0.2, -0.15) is 5.10 Å². The number of benzene rings is 1. The molecule has 5 heterocycles. The molecule has 1 saturated heterocycles. The van der Waals surface area contributed by atoms with Crippen LogP contribution in [0.3, 0.4) is 0 Å². The van der Waals surface area contributed by atoms with Gasteiger partial charge in [-0.3, -0.25) is 4.79 Å². The van der Waals surface area contributed by atoms with Crippen molar-refractivity contribution in [3.05, 3.63) is 54.6 Å². The smallest absolute Gasteiger partial charge is 0.272 e. The van der Waals surface area contributed by atoms with E-state index in [1.165, 1.54) is 6.33 Å². The van der Waals surface area contributed by atoms with E-state index in [-0.39, 0.29) is 11.9 Å². The Morgan fingerprint density at radius 3 is 2.66 bits per heavy atom. The zero-order valence-electron chi connectivity index (χ0n) is 21.5. The summed E-state index contributed by atoms with van der Waals surface area (Å²) in [5, 5.41) is 9.57. The first-order valence-electron chi connectivity index (χ1n) is 12.5. The Balaban J connectivity index is 1.36. The van der Waals surface area contributed by atoms with Crippen LogP contribution in [0.25, 0.3) is 33.3 Å². The van der Waals surface area contributed by atoms with Crippen LogP contribution >= 0.6 is 0 Å². The van der Waals surface area contributed by atoms with Crippen LogP contribution in [0.4, 0.5) is 11.5 Å². The topological polar surface area (TPSA) is 129 Å². The van der Waals surface area contributed by atoms with Gasteiger partial charge < -0.3 is 25.3 Å². The highest BCUT2D eigenvalue weighted by atomic mass is 16.5. The lowest BCUT2D eigenvalue weighted by molar-refractivity contribution is 0.101. The number of nitrogens with one attached hydrogen (secondary N) is 1. The van der Waals surface area contributed by atoms with E-state index in [2.05, 4.69) is 32.2 Å². The van der Waals surface area contributed by atoms with Gasteiger partial charge in [0.1, 0.15) is 34.9 Å². The molecule has 0 atom stereocenters. The number of hydrogen-bond acceptors (Lipinski definition) is 8. The molecule has 6 rings (SSSR count). The molecular weight excluding hydrogens is 482 g/mol. The van der Waals surface area contributed by atoms with Crippen LogP contribution in [0.2, 0.25) is 0 Å². The predicted molar refractivity (Wildman–Crippen MR) is 146 cm³/mol. The maximum atomic E-state index is 13.2. The number of amides is 1. The Morgan fingerprint density at radius 1 is 1.08 bits per heavy atom. The number of rotatable bonds is 5. The third-order valence-electron chi connectivity index (χ3n) is 7.30. The number of anilines is 2. The number of carbonyl (C=O) groups excluding carboxylic acids is 1. The zero-order valence-corrected chi connectivity index (χ0v) is 21.5. The van der Waals surface area contributed by atoms with Crippen molar-refractivity contribution in [2.75, 3.05) is 38.3 Å². The Labute approximate surface area is 219 Å². The number of likely N-dealkylation sites (tertiary alicyclic amines) is 1. The lowest BCUT2D eigenvalue weighted by Crippen LogP contribution is -2.31. The summed E-state index contributed by atoms with van der Waals surface area (Å²) >= 11 is 0. The second-order valence-electron chi connectivity index (χ2n) is 9.66. The highest BCUT2D eigenvalue weighted by molar-refractivity contribution is 6.07. The predicted octanol–water partition coefficient (Wildman–Crippen LogP) is 3.49. The van der Waals surface area contributed by atoms with Crippen LogP contribution in [-0.2, 0) is 7.05 Å². The number of nitrogen functional groups attached to an aromatic ring is 1. The molecule has 3 N–H and O–H groups in total. The van der Waals surface area contributed by atoms with E-state index in [0.29, 0.717) is 34.0 Å². The summed E-state index contributed by atoms with van der Waals surface area (Å²) in [7, 11) is 5.53. The molecular formula is C27H29N9O2. The molecule has 194 valence electrons. The first kappa shape index (κ1) is 23.9. The molecule has 1 aromatic carbocycles. The summed E-state index contributed by atoms with van der Waals surface area (Å²) in [6.45, 7) is 1.99. The molecule has 0 spiro atoms. The van der Waals surface area contributed by atoms with Gasteiger partial charge in [-0.15, -0.1) is 0 Å². The standard InChI is InChI=1S/C27H29N9O2/c1-34-11-8-18(9-12-34)36-26-22(24(28)30-15-31-26)23(33-36)16-6-7-19(21(14-16)38-3)32-27(37)20-13-17-5-4-10-29-25(17)35(20)2/h4-7,10,13-15,18H,8-9,11-12H2,1-3H3,(H,32,37)(H2,28,30,31). The number of pyridine rings is 1. The molecule has 1 fully saturated rings. The van der Waals surface area contributed by atoms with E-state index in [1.807, 2.05) is 48.1 Å². The van der Waals surface area contributed by atoms with Gasteiger partial charge in [0.2, 0.25) is 0 Å². The van der Waals surface area contributed by atoms with E-state index < -0.39 is 0 Å². The molecule has 0 radical (unpaired) electrons. The summed E-state index contributed by atoms with van der Waals surface area (Å²) in [6, 6.07) is 11.4. The summed E-state index contributed by atoms with van der Waals surface area (Å²) in [6.07, 6.45) is 5.15. The van der Waals surface area contributed by atoms with Crippen molar-refractivity contribution in [2.45, 2.75) is 18.9 Å². The van der Waals surface area contributed by atoms with Crippen molar-refractivity contribution >= 4 is 39.5 Å². The molecule has 1 aliphatic heterocycles. The van der Waals surface area contributed by atoms with E-state index >= 15 is 0 Å². The number of carbonyl (C=O) groups is 1. The number of fused-ring (bicyclic) bond motifs is 2. The Hall–Kier alpha value is -4.51. The van der Waals surface area contributed by atoms with Gasteiger partial charge in [0.05, 0.1) is 24.2 Å². The first-order valence-corrected chi connectivity index (χ1v) is 12.5. The highest BCUT2D eigenvalue weighted by Crippen LogP contribution is 2.37. The zero-order chi connectivity index (χ0) is 26.4. The van der Waals surface area contributed by atoms with Gasteiger partial charge in [0.25, 0.3) is 5.91 Å². The summed E-state index contributed by atoms with van der Waals surface area (Å²) in [5.41, 5.74) is 10.3. The quantitative estimate of drug-likeness (QED) is 0.367. The maximum absolute atomic E-state index is 13.2. The Bertz CT molecular complexity index is 1660. The van der Waals surface area contributed by atoms with Crippen LogP contribution in [0.15, 0.2) is 48.9 Å². The second-order valence-corrected chi connectivity index (χ2v) is 9.66. The minimum atomic E-state index is -0.258. The minimum absolute atomic E-state index is 0.229. The van der Waals surface area contributed by atoms with Gasteiger partial charge in [-0.05, 0) is 63.3 Å². The number of methoxy groups -OCH3 is 1. The molecule has 0 bridgehead atoms. The number of aryl methyl sites for hydroxylation is 1. The third-order valence-corrected chi connectivity index (χ3v) is 7.30. The Morgan fingerprint density at radius 2 is 1.89 bits per heavy atom. The van der Waals surface area contributed by atoms with Crippen molar-refractivity contribution < 1.29 is 9.53 Å². The summed E-state index contributed by atoms with van der Waals surface area (Å²) < 4.78 is 9.44. The fourth-order valence-corrected chi connectivity index (χ4v) is 5.20. The molecule has 0 aliphatic carbocycles. The average Bonchev–Trinajstić information content (AvgIpc) is 3.49. The number of hydrogen-bond donors (Lipinski definition) is 2. The molecule has 11 heteroatoms. The van der Waals surface area contributed by atoms with Gasteiger partial charge >= 0.3 is 0 Å². The Kier molecular flexibility index (Phi) is 5.91. The molecule has 0 unspecified atom stereocenters. The number of nitrogens with two attached hydrogens (primary N) is 1. The number of aromatic nitrogens is 6. The van der Waals surface area contributed by atoms with E-state index in [9.17, 15) is 4.79 Å². The first-order chi connectivity index (χ1) is 18.4. The monoisotopic (exact) mass is 511 g/mol. The van der Waals surface area contributed by atoms with Gasteiger partial charge in [0, 0.05) is 24.2 Å². The van der Waals surface area contributed by atoms with Crippen LogP contribution < -0.4 is 15.8 Å². The number of piperidine rings is 1. The molecule has 0 saturated carbocycles. The van der Waals surface area contributed by atoms with Crippen molar-refractivity contribution in [2.24, 2.45) is 7.05 Å². The van der Waals surface area contributed by atoms with Gasteiger partial charge in [-0.1, -0.05) is 6.07 Å². The highest BCUT2D eigenvalue weighted by Gasteiger charge is 2.25. The van der Waals surface area contributed by atoms with Crippen LogP contribution in [-0.4, -0.2) is 67.4 Å². The number of nitrogens with zero attached hydrogens (tertiary/aromatic N) is 7. The molecule has 5 aromatic rings. The van der Waals surface area contributed by atoms with Crippen molar-refractivity contribution in [1.29, 1.82) is 0 Å². The molecule has 4 aromatic heterocycles. The lowest BCUT2D eigenvalue weighted by Gasteiger charge is -2.29. The van der Waals surface area contributed by atoms with Crippen LogP contribution in [0, 0.1) is 0 Å². The normalized spacial score (nSPS) is 14.8. The van der Waals surface area contributed by atoms with Gasteiger partial charge in [0.15, 0.2) is 5.65 Å². The largest absolute Gasteiger partial charge is 0.495 e. The van der Waals surface area contributed by atoms with Gasteiger partial charge in [-0.25, -0.2) is 19.6 Å². The van der Waals surface area contributed by atoms with Crippen molar-refractivity contribution in [3.8, 4) is 17.0 Å². The molecule has 1 amide bonds. The maximum Gasteiger partial charge on any atom is 0.272 e.